The van der Waals surface area contributed by atoms with Gasteiger partial charge < -0.3 is 15.0 Å². The third-order valence-electron chi connectivity index (χ3n) is 5.35. The van der Waals surface area contributed by atoms with E-state index in [1.54, 1.807) is 11.8 Å². The summed E-state index contributed by atoms with van der Waals surface area (Å²) in [4.78, 5) is 27.5. The molecule has 0 saturated carbocycles. The second-order valence-corrected chi connectivity index (χ2v) is 10.3. The SMILES string of the molecule is Cc1ccccc1CN(C(=O)COc1ccc(C(C)(C)C)cc1Br)C(C)C(=O)NC(C)C. The van der Waals surface area contributed by atoms with Gasteiger partial charge in [0.05, 0.1) is 4.47 Å². The minimum atomic E-state index is -0.625. The van der Waals surface area contributed by atoms with Crippen molar-refractivity contribution >= 4 is 27.7 Å². The van der Waals surface area contributed by atoms with Crippen molar-refractivity contribution < 1.29 is 14.3 Å². The monoisotopic (exact) mass is 502 g/mol. The fraction of sp³-hybridized carbons (Fsp3) is 0.462. The van der Waals surface area contributed by atoms with Gasteiger partial charge in [0.25, 0.3) is 5.91 Å². The van der Waals surface area contributed by atoms with Gasteiger partial charge >= 0.3 is 0 Å². The van der Waals surface area contributed by atoms with E-state index in [1.165, 1.54) is 5.56 Å². The Bertz CT molecular complexity index is 950. The number of hydrogen-bond donors (Lipinski definition) is 1. The summed E-state index contributed by atoms with van der Waals surface area (Å²) in [7, 11) is 0. The van der Waals surface area contributed by atoms with Crippen LogP contribution in [-0.2, 0) is 21.5 Å². The number of rotatable bonds is 8. The van der Waals surface area contributed by atoms with Crippen molar-refractivity contribution in [3.8, 4) is 5.75 Å². The normalized spacial score (nSPS) is 12.4. The van der Waals surface area contributed by atoms with Gasteiger partial charge in [0.2, 0.25) is 5.91 Å². The third-order valence-corrected chi connectivity index (χ3v) is 5.97. The third kappa shape index (κ3) is 7.09. The highest BCUT2D eigenvalue weighted by Gasteiger charge is 2.27. The van der Waals surface area contributed by atoms with E-state index >= 15 is 0 Å². The van der Waals surface area contributed by atoms with Gasteiger partial charge in [-0.3, -0.25) is 9.59 Å². The van der Waals surface area contributed by atoms with Crippen LogP contribution in [0.4, 0.5) is 0 Å². The molecule has 6 heteroatoms. The summed E-state index contributed by atoms with van der Waals surface area (Å²) < 4.78 is 6.66. The van der Waals surface area contributed by atoms with Crippen LogP contribution in [0, 0.1) is 6.92 Å². The highest BCUT2D eigenvalue weighted by Crippen LogP contribution is 2.31. The zero-order valence-electron chi connectivity index (χ0n) is 20.2. The van der Waals surface area contributed by atoms with Crippen LogP contribution < -0.4 is 10.1 Å². The average Bonchev–Trinajstić information content (AvgIpc) is 2.70. The zero-order valence-corrected chi connectivity index (χ0v) is 21.7. The van der Waals surface area contributed by atoms with Crippen LogP contribution in [0.5, 0.6) is 5.75 Å². The first-order valence-electron chi connectivity index (χ1n) is 11.0. The first-order chi connectivity index (χ1) is 14.9. The summed E-state index contributed by atoms with van der Waals surface area (Å²) >= 11 is 3.56. The van der Waals surface area contributed by atoms with Gasteiger partial charge in [0.1, 0.15) is 11.8 Å². The zero-order chi connectivity index (χ0) is 24.1. The van der Waals surface area contributed by atoms with Crippen LogP contribution >= 0.6 is 15.9 Å². The van der Waals surface area contributed by atoms with Crippen LogP contribution in [0.2, 0.25) is 0 Å². The second-order valence-electron chi connectivity index (χ2n) is 9.47. The van der Waals surface area contributed by atoms with Crippen molar-refractivity contribution in [1.29, 1.82) is 0 Å². The Kier molecular flexibility index (Phi) is 8.90. The topological polar surface area (TPSA) is 58.6 Å². The molecule has 2 aromatic carbocycles. The molecule has 174 valence electrons. The lowest BCUT2D eigenvalue weighted by molar-refractivity contribution is -0.142. The molecule has 32 heavy (non-hydrogen) atoms. The van der Waals surface area contributed by atoms with Crippen LogP contribution in [-0.4, -0.2) is 35.4 Å². The van der Waals surface area contributed by atoms with Crippen LogP contribution in [0.25, 0.3) is 0 Å². The first-order valence-corrected chi connectivity index (χ1v) is 11.8. The lowest BCUT2D eigenvalue weighted by Gasteiger charge is -2.30. The fourth-order valence-corrected chi connectivity index (χ4v) is 3.76. The molecule has 0 aromatic heterocycles. The quantitative estimate of drug-likeness (QED) is 0.527. The Balaban J connectivity index is 2.20. The lowest BCUT2D eigenvalue weighted by Crippen LogP contribution is -2.50. The van der Waals surface area contributed by atoms with Crippen LogP contribution in [0.3, 0.4) is 0 Å². The van der Waals surface area contributed by atoms with E-state index in [0.29, 0.717) is 12.3 Å². The molecule has 0 saturated heterocycles. The van der Waals surface area contributed by atoms with Gasteiger partial charge in [0.15, 0.2) is 6.61 Å². The molecule has 0 heterocycles. The first kappa shape index (κ1) is 25.9. The maximum atomic E-state index is 13.2. The number of nitrogens with zero attached hydrogens (tertiary/aromatic N) is 1. The molecule has 0 aliphatic carbocycles. The predicted octanol–water partition coefficient (Wildman–Crippen LogP) is 5.38. The summed E-state index contributed by atoms with van der Waals surface area (Å²) in [6.45, 7) is 14.2. The predicted molar refractivity (Wildman–Crippen MR) is 133 cm³/mol. The van der Waals surface area contributed by atoms with E-state index in [2.05, 4.69) is 42.0 Å². The molecule has 0 bridgehead atoms. The number of hydrogen-bond acceptors (Lipinski definition) is 3. The van der Waals surface area contributed by atoms with Crippen LogP contribution in [0.15, 0.2) is 46.9 Å². The Morgan fingerprint density at radius 2 is 1.75 bits per heavy atom. The maximum Gasteiger partial charge on any atom is 0.261 e. The Labute approximate surface area is 200 Å². The number of carbonyl (C=O) groups excluding carboxylic acids is 2. The van der Waals surface area contributed by atoms with E-state index in [1.807, 2.05) is 63.2 Å². The number of carbonyl (C=O) groups is 2. The van der Waals surface area contributed by atoms with Crippen molar-refractivity contribution in [2.24, 2.45) is 0 Å². The summed E-state index contributed by atoms with van der Waals surface area (Å²) in [6.07, 6.45) is 0. The molecule has 0 aliphatic heterocycles. The molecule has 0 aliphatic rings. The number of ether oxygens (including phenoxy) is 1. The van der Waals surface area contributed by atoms with Crippen molar-refractivity contribution in [3.63, 3.8) is 0 Å². The van der Waals surface area contributed by atoms with Gasteiger partial charge in [-0.05, 0) is 77.9 Å². The summed E-state index contributed by atoms with van der Waals surface area (Å²) in [5.41, 5.74) is 3.26. The molecule has 2 aromatic rings. The van der Waals surface area contributed by atoms with Gasteiger partial charge in [-0.2, -0.15) is 0 Å². The average molecular weight is 503 g/mol. The van der Waals surface area contributed by atoms with Gasteiger partial charge in [-0.1, -0.05) is 51.1 Å². The number of nitrogens with one attached hydrogen (secondary N) is 1. The van der Waals surface area contributed by atoms with Crippen molar-refractivity contribution in [2.45, 2.75) is 72.5 Å². The standard InChI is InChI=1S/C26H35BrN2O3/c1-17(2)28-25(31)19(4)29(15-20-11-9-8-10-18(20)3)24(30)16-32-23-13-12-21(14-22(23)27)26(5,6)7/h8-14,17,19H,15-16H2,1-7H3,(H,28,31). The molecule has 0 fully saturated rings. The van der Waals surface area contributed by atoms with E-state index in [4.69, 9.17) is 4.74 Å². The highest BCUT2D eigenvalue weighted by atomic mass is 79.9. The van der Waals surface area contributed by atoms with E-state index < -0.39 is 6.04 Å². The number of amides is 2. The smallest absolute Gasteiger partial charge is 0.261 e. The number of benzene rings is 2. The van der Waals surface area contributed by atoms with E-state index in [-0.39, 0.29) is 29.9 Å². The molecule has 0 radical (unpaired) electrons. The lowest BCUT2D eigenvalue weighted by atomic mass is 9.87. The van der Waals surface area contributed by atoms with Crippen LogP contribution in [0.1, 0.15) is 58.2 Å². The molecular weight excluding hydrogens is 468 g/mol. The molecule has 0 spiro atoms. The molecule has 5 nitrogen and oxygen atoms in total. The van der Waals surface area contributed by atoms with E-state index in [0.717, 1.165) is 15.6 Å². The van der Waals surface area contributed by atoms with Gasteiger partial charge in [-0.25, -0.2) is 0 Å². The van der Waals surface area contributed by atoms with Crippen molar-refractivity contribution in [2.75, 3.05) is 6.61 Å². The number of aryl methyl sites for hydroxylation is 1. The van der Waals surface area contributed by atoms with Gasteiger partial charge in [0, 0.05) is 12.6 Å². The van der Waals surface area contributed by atoms with E-state index in [9.17, 15) is 9.59 Å². The molecule has 1 N–H and O–H groups in total. The minimum absolute atomic E-state index is 0.00565. The second kappa shape index (κ2) is 11.0. The van der Waals surface area contributed by atoms with Crippen molar-refractivity contribution in [3.05, 3.63) is 63.6 Å². The maximum absolute atomic E-state index is 13.2. The molecule has 2 amide bonds. The Hall–Kier alpha value is -2.34. The molecule has 1 unspecified atom stereocenters. The summed E-state index contributed by atoms with van der Waals surface area (Å²) in [5.74, 6) is 0.172. The molecule has 1 atom stereocenters. The summed E-state index contributed by atoms with van der Waals surface area (Å²) in [6, 6.07) is 13.1. The minimum Gasteiger partial charge on any atom is -0.483 e. The molecule has 2 rings (SSSR count). The largest absolute Gasteiger partial charge is 0.483 e. The van der Waals surface area contributed by atoms with Gasteiger partial charge in [-0.15, -0.1) is 0 Å². The fourth-order valence-electron chi connectivity index (χ4n) is 3.27. The molecular formula is C26H35BrN2O3. The Morgan fingerprint density at radius 1 is 1.09 bits per heavy atom. The Morgan fingerprint density at radius 3 is 2.31 bits per heavy atom. The summed E-state index contributed by atoms with van der Waals surface area (Å²) in [5, 5.41) is 2.90. The van der Waals surface area contributed by atoms with Crippen molar-refractivity contribution in [1.82, 2.24) is 10.2 Å². The highest BCUT2D eigenvalue weighted by molar-refractivity contribution is 9.10. The number of halogens is 1.